The van der Waals surface area contributed by atoms with Crippen molar-refractivity contribution in [3.05, 3.63) is 136 Å². The van der Waals surface area contributed by atoms with Crippen molar-refractivity contribution in [1.29, 1.82) is 0 Å². The van der Waals surface area contributed by atoms with Gasteiger partial charge in [-0.1, -0.05) is 36.4 Å². The summed E-state index contributed by atoms with van der Waals surface area (Å²) in [6.07, 6.45) is 5.61. The van der Waals surface area contributed by atoms with Crippen molar-refractivity contribution in [2.75, 3.05) is 89.3 Å². The molecular formula is C56H63N3O11. The van der Waals surface area contributed by atoms with Crippen LogP contribution in [-0.2, 0) is 62.6 Å². The number of esters is 1. The Labute approximate surface area is 410 Å². The van der Waals surface area contributed by atoms with E-state index in [9.17, 15) is 14.4 Å². The Morgan fingerprint density at radius 1 is 0.586 bits per heavy atom. The number of rotatable bonds is 22. The Kier molecular flexibility index (Phi) is 15.5. The summed E-state index contributed by atoms with van der Waals surface area (Å²) >= 11 is 0. The Morgan fingerprint density at radius 2 is 1.10 bits per heavy atom. The van der Waals surface area contributed by atoms with E-state index < -0.39 is 0 Å². The van der Waals surface area contributed by atoms with E-state index >= 15 is 0 Å². The first-order chi connectivity index (χ1) is 34.3. The molecule has 2 atom stereocenters. The van der Waals surface area contributed by atoms with Crippen LogP contribution >= 0.6 is 0 Å². The third kappa shape index (κ3) is 10.6. The van der Waals surface area contributed by atoms with E-state index in [2.05, 4.69) is 35.2 Å². The first kappa shape index (κ1) is 48.4. The quantitative estimate of drug-likeness (QED) is 0.0488. The van der Waals surface area contributed by atoms with Gasteiger partial charge in [-0.05, 0) is 133 Å². The average Bonchev–Trinajstić information content (AvgIpc) is 3.88. The molecule has 0 radical (unpaired) electrons. The Hall–Kier alpha value is -6.61. The van der Waals surface area contributed by atoms with E-state index in [1.807, 2.05) is 70.5 Å². The van der Waals surface area contributed by atoms with Crippen molar-refractivity contribution >= 4 is 34.8 Å². The molecule has 0 fully saturated rings. The van der Waals surface area contributed by atoms with Crippen molar-refractivity contribution in [2.45, 2.75) is 76.7 Å². The molecule has 0 aromatic heterocycles. The van der Waals surface area contributed by atoms with Gasteiger partial charge in [0.25, 0.3) is 11.8 Å². The van der Waals surface area contributed by atoms with Crippen LogP contribution in [0.1, 0.15) is 79.8 Å². The summed E-state index contributed by atoms with van der Waals surface area (Å²) in [6, 6.07) is 30.3. The van der Waals surface area contributed by atoms with Gasteiger partial charge in [-0.2, -0.15) is 0 Å². The van der Waals surface area contributed by atoms with Crippen molar-refractivity contribution < 1.29 is 52.3 Å². The van der Waals surface area contributed by atoms with Crippen LogP contribution in [0.25, 0.3) is 0 Å². The normalized spacial score (nSPS) is 16.5. The van der Waals surface area contributed by atoms with Crippen molar-refractivity contribution in [1.82, 2.24) is 0 Å². The molecule has 0 N–H and O–H groups in total. The number of aryl methyl sites for hydroxylation is 2. The van der Waals surface area contributed by atoms with Crippen LogP contribution < -0.4 is 33.6 Å². The first-order valence-electron chi connectivity index (χ1n) is 24.4. The number of carbonyl (C=O) groups excluding carboxylic acids is 3. The summed E-state index contributed by atoms with van der Waals surface area (Å²) in [5.41, 5.74) is 10.1. The number of ether oxygens (including phenoxy) is 8. The average molecular weight is 954 g/mol. The largest absolute Gasteiger partial charge is 0.493 e. The molecule has 9 rings (SSSR count). The number of benzene rings is 5. The van der Waals surface area contributed by atoms with Crippen LogP contribution in [0.15, 0.2) is 91.0 Å². The second-order valence-corrected chi connectivity index (χ2v) is 18.2. The summed E-state index contributed by atoms with van der Waals surface area (Å²) in [5, 5.41) is 0. The third-order valence-corrected chi connectivity index (χ3v) is 13.9. The number of para-hydroxylation sites is 2. The van der Waals surface area contributed by atoms with Crippen LogP contribution in [-0.4, -0.2) is 104 Å². The summed E-state index contributed by atoms with van der Waals surface area (Å²) in [6.45, 7) is 3.75. The molecule has 2 amide bonds. The number of nitrogens with zero attached hydrogens (tertiary/aromatic N) is 3. The minimum atomic E-state index is -0.274. The van der Waals surface area contributed by atoms with Crippen molar-refractivity contribution in [3.8, 4) is 23.0 Å². The predicted octanol–water partition coefficient (Wildman–Crippen LogP) is 8.34. The lowest BCUT2D eigenvalue weighted by atomic mass is 9.99. The highest BCUT2D eigenvalue weighted by Gasteiger charge is 2.39. The second-order valence-electron chi connectivity index (χ2n) is 18.2. The van der Waals surface area contributed by atoms with Gasteiger partial charge >= 0.3 is 5.97 Å². The molecule has 4 aliphatic rings. The fourth-order valence-electron chi connectivity index (χ4n) is 10.3. The number of anilines is 3. The monoisotopic (exact) mass is 953 g/mol. The van der Waals surface area contributed by atoms with Gasteiger partial charge in [0.05, 0.1) is 54.4 Å². The van der Waals surface area contributed by atoms with E-state index in [-0.39, 0.29) is 49.5 Å². The zero-order valence-corrected chi connectivity index (χ0v) is 40.7. The maximum atomic E-state index is 14.2. The Bertz CT molecular complexity index is 2530. The number of hydrogen-bond acceptors (Lipinski definition) is 12. The van der Waals surface area contributed by atoms with Gasteiger partial charge in [0, 0.05) is 66.9 Å². The molecule has 0 bridgehead atoms. The number of carbonyl (C=O) groups is 3. The zero-order valence-electron chi connectivity index (χ0n) is 40.7. The molecule has 4 heterocycles. The highest BCUT2D eigenvalue weighted by atomic mass is 16.5. The van der Waals surface area contributed by atoms with Crippen LogP contribution in [0.3, 0.4) is 0 Å². The summed E-state index contributed by atoms with van der Waals surface area (Å²) in [7, 11) is 6.22. The van der Waals surface area contributed by atoms with E-state index in [0.717, 1.165) is 77.8 Å². The van der Waals surface area contributed by atoms with E-state index in [0.29, 0.717) is 86.7 Å². The van der Waals surface area contributed by atoms with Crippen LogP contribution in [0, 0.1) is 0 Å². The van der Waals surface area contributed by atoms with Crippen LogP contribution in [0.5, 0.6) is 23.0 Å². The fourth-order valence-corrected chi connectivity index (χ4v) is 10.3. The van der Waals surface area contributed by atoms with E-state index in [4.69, 9.17) is 37.9 Å². The van der Waals surface area contributed by atoms with E-state index in [1.165, 1.54) is 18.2 Å². The lowest BCUT2D eigenvalue weighted by Gasteiger charge is -2.26. The zero-order chi connectivity index (χ0) is 48.6. The molecule has 5 aromatic carbocycles. The minimum absolute atomic E-state index is 0.0247. The molecule has 1 unspecified atom stereocenters. The highest BCUT2D eigenvalue weighted by molar-refractivity contribution is 6.10. The highest BCUT2D eigenvalue weighted by Crippen LogP contribution is 2.43. The smallest absolute Gasteiger partial charge is 0.305 e. The van der Waals surface area contributed by atoms with Gasteiger partial charge in [0.1, 0.15) is 13.2 Å². The topological polar surface area (TPSA) is 135 Å². The van der Waals surface area contributed by atoms with Crippen LogP contribution in [0.2, 0.25) is 0 Å². The van der Waals surface area contributed by atoms with Gasteiger partial charge in [-0.25, -0.2) is 0 Å². The molecule has 0 spiro atoms. The number of fused-ring (bicyclic) bond motifs is 8. The second kappa shape index (κ2) is 22.4. The molecule has 14 heteroatoms. The lowest BCUT2D eigenvalue weighted by molar-refractivity contribution is -0.140. The molecular weight excluding hydrogens is 891 g/mol. The summed E-state index contributed by atoms with van der Waals surface area (Å²) in [4.78, 5) is 46.8. The molecule has 14 nitrogen and oxygen atoms in total. The standard InChI is InChI=1S/C56H63N3O11/c1-63-22-23-68-25-24-67-21-20-57(19-9-14-54(60)66-4)45-27-37(35-69-52-31-39-15-17-43-29-41-10-5-7-12-48(41)58(43)55(61)46(39)33-50(52)64-2)26-38(28-45)36-70-53-32-40-16-18-44-30-42-11-6-8-13-49(42)59(44)56(62)47(40)34-51(53)65-3/h5-8,10-13,26-28,31-34,43-44H,9,14-25,29-30,35-36H2,1-4H3/t43-,44?/m1/s1. The first-order valence-corrected chi connectivity index (χ1v) is 24.4. The van der Waals surface area contributed by atoms with Gasteiger partial charge in [-0.3, -0.25) is 14.4 Å². The SMILES string of the molecule is COCCOCCOCCN(CCCC(=O)OC)c1cc(COc2cc3c(cc2OC)C(=O)N2c4ccccc4CC2CC3)cc(COc2cc3c(cc2OC)C(=O)N2c4ccccc4C[C@H]2CC3)c1. The van der Waals surface area contributed by atoms with Gasteiger partial charge in [-0.15, -0.1) is 0 Å². The summed E-state index contributed by atoms with van der Waals surface area (Å²) in [5.74, 6) is 1.72. The predicted molar refractivity (Wildman–Crippen MR) is 266 cm³/mol. The number of hydrogen-bond donors (Lipinski definition) is 0. The number of methoxy groups -OCH3 is 4. The van der Waals surface area contributed by atoms with Crippen LogP contribution in [0.4, 0.5) is 17.1 Å². The van der Waals surface area contributed by atoms with Gasteiger partial charge in [0.15, 0.2) is 23.0 Å². The molecule has 0 aliphatic carbocycles. The fraction of sp³-hybridized carbons (Fsp3) is 0.411. The van der Waals surface area contributed by atoms with E-state index in [1.54, 1.807) is 21.3 Å². The molecule has 0 saturated heterocycles. The summed E-state index contributed by atoms with van der Waals surface area (Å²) < 4.78 is 46.7. The van der Waals surface area contributed by atoms with Gasteiger partial charge < -0.3 is 52.6 Å². The van der Waals surface area contributed by atoms with Crippen molar-refractivity contribution in [2.24, 2.45) is 0 Å². The lowest BCUT2D eigenvalue weighted by Crippen LogP contribution is -2.36. The molecule has 4 aliphatic heterocycles. The minimum Gasteiger partial charge on any atom is -0.493 e. The number of amides is 2. The molecule has 70 heavy (non-hydrogen) atoms. The third-order valence-electron chi connectivity index (χ3n) is 13.9. The van der Waals surface area contributed by atoms with Crippen molar-refractivity contribution in [3.63, 3.8) is 0 Å². The molecule has 368 valence electrons. The Morgan fingerprint density at radius 3 is 1.61 bits per heavy atom. The molecule has 5 aromatic rings. The molecule has 0 saturated carbocycles. The maximum Gasteiger partial charge on any atom is 0.305 e. The van der Waals surface area contributed by atoms with Gasteiger partial charge in [0.2, 0.25) is 0 Å². The Balaban J connectivity index is 0.984. The maximum absolute atomic E-state index is 14.2.